The molecule has 17 heteroatoms. The number of hydrogen-bond acceptors (Lipinski definition) is 15. The molecule has 3 fully saturated rings. The van der Waals surface area contributed by atoms with Gasteiger partial charge in [0, 0.05) is 36.6 Å². The van der Waals surface area contributed by atoms with E-state index in [-0.39, 0.29) is 41.2 Å². The lowest BCUT2D eigenvalue weighted by Gasteiger charge is -2.67. The van der Waals surface area contributed by atoms with Crippen molar-refractivity contribution in [2.45, 2.75) is 155 Å². The Balaban J connectivity index is 1.75. The molecule has 4 N–H and O–H groups in total. The summed E-state index contributed by atoms with van der Waals surface area (Å²) in [6.07, 6.45) is -10.4. The van der Waals surface area contributed by atoms with Crippen LogP contribution in [-0.4, -0.2) is 117 Å². The number of aliphatic hydroxyl groups is 3. The van der Waals surface area contributed by atoms with E-state index in [0.717, 1.165) is 6.92 Å². The van der Waals surface area contributed by atoms with Gasteiger partial charge >= 0.3 is 30.0 Å². The third-order valence-corrected chi connectivity index (χ3v) is 12.8. The fourth-order valence-electron chi connectivity index (χ4n) is 9.48. The van der Waals surface area contributed by atoms with E-state index in [4.69, 9.17) is 40.0 Å². The molecule has 1 aromatic rings. The lowest BCUT2D eigenvalue weighted by atomic mass is 9.44. The number of halogens is 1. The summed E-state index contributed by atoms with van der Waals surface area (Å²) in [4.78, 5) is 83.0. The van der Waals surface area contributed by atoms with Gasteiger partial charge in [0.2, 0.25) is 0 Å². The summed E-state index contributed by atoms with van der Waals surface area (Å²) in [6, 6.07) is 4.42. The van der Waals surface area contributed by atoms with Gasteiger partial charge in [-0.25, -0.2) is 14.4 Å². The zero-order valence-corrected chi connectivity index (χ0v) is 37.2. The van der Waals surface area contributed by atoms with Crippen LogP contribution in [0.15, 0.2) is 47.1 Å². The van der Waals surface area contributed by atoms with Crippen LogP contribution < -0.4 is 5.32 Å². The Morgan fingerprint density at radius 1 is 1.07 bits per heavy atom. The number of ketones is 1. The number of fused-ring (bicyclic) bond motifs is 5. The van der Waals surface area contributed by atoms with E-state index in [2.05, 4.69) is 5.32 Å². The van der Waals surface area contributed by atoms with Crippen molar-refractivity contribution in [1.82, 2.24) is 5.32 Å². The summed E-state index contributed by atoms with van der Waals surface area (Å²) >= 11 is 6.26. The van der Waals surface area contributed by atoms with Crippen LogP contribution in [0, 0.1) is 16.7 Å². The number of benzene rings is 1. The van der Waals surface area contributed by atoms with E-state index in [1.807, 2.05) is 0 Å². The largest absolute Gasteiger partial charge is 0.456 e. The van der Waals surface area contributed by atoms with Crippen LogP contribution in [0.25, 0.3) is 0 Å². The third-order valence-electron chi connectivity index (χ3n) is 12.5. The van der Waals surface area contributed by atoms with Crippen molar-refractivity contribution in [2.75, 3.05) is 6.61 Å². The maximum absolute atomic E-state index is 15.5. The van der Waals surface area contributed by atoms with E-state index in [9.17, 15) is 39.3 Å². The smallest absolute Gasteiger partial charge is 0.408 e. The maximum atomic E-state index is 15.5. The van der Waals surface area contributed by atoms with Crippen molar-refractivity contribution in [3.63, 3.8) is 0 Å². The van der Waals surface area contributed by atoms with Crippen LogP contribution >= 0.6 is 11.6 Å². The normalized spacial score (nSPS) is 32.5. The van der Waals surface area contributed by atoms with Crippen molar-refractivity contribution in [1.29, 1.82) is 0 Å². The number of aliphatic hydroxyl groups excluding tert-OH is 2. The summed E-state index contributed by atoms with van der Waals surface area (Å²) < 4.78 is 35.6. The van der Waals surface area contributed by atoms with Gasteiger partial charge < -0.3 is 49.1 Å². The Morgan fingerprint density at radius 2 is 1.72 bits per heavy atom. The molecule has 3 aliphatic carbocycles. The Labute approximate surface area is 360 Å². The molecule has 5 rings (SSSR count). The number of alkyl carbamates (subject to hydrolysis) is 1. The number of ether oxygens (including phenoxy) is 6. The standard InChI is InChI=1S/C44H58ClNO15/c1-12-30(49)58-33-31-22(4)27(57-38(53)32(50)26(16-21(2)3)46-39(54)61-40(6,7)8)19-44(55,41(31,9)10)36(59-37(52)24-14-13-15-25(45)17-24)34-42(11,35(33)51)28(48)18-29-43(34,20-56-29)60-23(5)47/h13-17,26-29,32-34,36,48,50,55H,12,18-20H2,1-11H3,(H,46,54)/t26-,27-,28-,29+,32+,33+,34?,36-,42+,43-,44+/m0/s1. The van der Waals surface area contributed by atoms with Gasteiger partial charge in [-0.3, -0.25) is 14.4 Å². The zero-order chi connectivity index (χ0) is 45.8. The summed E-state index contributed by atoms with van der Waals surface area (Å²) in [5.41, 5.74) is -8.20. The van der Waals surface area contributed by atoms with Gasteiger partial charge in [0.15, 0.2) is 23.6 Å². The highest BCUT2D eigenvalue weighted by Crippen LogP contribution is 2.64. The fourth-order valence-corrected chi connectivity index (χ4v) is 9.67. The molecule has 1 aliphatic heterocycles. The Bertz CT molecular complexity index is 2020. The van der Waals surface area contributed by atoms with E-state index < -0.39 is 118 Å². The van der Waals surface area contributed by atoms with Crippen LogP contribution in [-0.2, 0) is 47.6 Å². The highest BCUT2D eigenvalue weighted by Gasteiger charge is 2.78. The molecule has 1 unspecified atom stereocenters. The lowest BCUT2D eigenvalue weighted by molar-refractivity contribution is -0.346. The molecular weight excluding hydrogens is 818 g/mol. The number of hydrogen-bond donors (Lipinski definition) is 4. The topological polar surface area (TPSA) is 231 Å². The molecule has 336 valence electrons. The molecule has 1 aromatic carbocycles. The second-order valence-corrected chi connectivity index (χ2v) is 18.9. The average molecular weight is 876 g/mol. The number of esters is 4. The molecule has 0 aromatic heterocycles. The van der Waals surface area contributed by atoms with E-state index in [0.29, 0.717) is 5.57 Å². The second-order valence-electron chi connectivity index (χ2n) is 18.4. The minimum absolute atomic E-state index is 0.0164. The molecule has 1 heterocycles. The summed E-state index contributed by atoms with van der Waals surface area (Å²) in [6.45, 7) is 16.6. The number of Topliss-reactive ketones (excluding diaryl/α,β-unsaturated/α-hetero) is 1. The molecule has 16 nitrogen and oxygen atoms in total. The molecule has 0 radical (unpaired) electrons. The highest BCUT2D eigenvalue weighted by atomic mass is 35.5. The molecule has 1 saturated heterocycles. The minimum atomic E-state index is -2.42. The van der Waals surface area contributed by atoms with E-state index >= 15 is 4.79 Å². The van der Waals surface area contributed by atoms with E-state index in [1.165, 1.54) is 51.1 Å². The van der Waals surface area contributed by atoms with Crippen molar-refractivity contribution in [2.24, 2.45) is 16.7 Å². The molecule has 0 spiro atoms. The molecule has 11 atom stereocenters. The van der Waals surface area contributed by atoms with Crippen LogP contribution in [0.2, 0.25) is 5.02 Å². The molecule has 4 aliphatic rings. The van der Waals surface area contributed by atoms with Crippen LogP contribution in [0.1, 0.15) is 106 Å². The van der Waals surface area contributed by atoms with Crippen molar-refractivity contribution >= 4 is 47.4 Å². The second kappa shape index (κ2) is 17.1. The van der Waals surface area contributed by atoms with Crippen LogP contribution in [0.5, 0.6) is 0 Å². The summed E-state index contributed by atoms with van der Waals surface area (Å²) in [7, 11) is 0. The first kappa shape index (κ1) is 47.7. The average Bonchev–Trinajstić information content (AvgIpc) is 3.14. The SMILES string of the molecule is CCC(=O)O[C@H]1C(=O)[C@@]2(C)C([C@H](OC(=O)c3cccc(Cl)c3)[C@]3(O)C[C@H](OC(=O)[C@H](O)[C@H](C=C(C)C)NC(=O)OC(C)(C)C)C(C)=C1C3(C)C)[C@]1(OC(C)=O)CO[C@@H]1C[C@@H]2O. The number of carbonyl (C=O) groups excluding carboxylic acids is 6. The van der Waals surface area contributed by atoms with Gasteiger partial charge in [0.1, 0.15) is 29.5 Å². The Hall–Kier alpha value is -4.35. The predicted molar refractivity (Wildman–Crippen MR) is 217 cm³/mol. The van der Waals surface area contributed by atoms with Gasteiger partial charge in [-0.15, -0.1) is 0 Å². The van der Waals surface area contributed by atoms with Gasteiger partial charge in [0.25, 0.3) is 0 Å². The van der Waals surface area contributed by atoms with Crippen LogP contribution in [0.3, 0.4) is 0 Å². The number of amides is 1. The highest BCUT2D eigenvalue weighted by molar-refractivity contribution is 6.30. The summed E-state index contributed by atoms with van der Waals surface area (Å²) in [5.74, 6) is -6.34. The first-order chi connectivity index (χ1) is 28.1. The van der Waals surface area contributed by atoms with Crippen molar-refractivity contribution in [3.05, 3.63) is 57.6 Å². The van der Waals surface area contributed by atoms with Crippen LogP contribution in [0.4, 0.5) is 4.79 Å². The number of rotatable bonds is 10. The van der Waals surface area contributed by atoms with E-state index in [1.54, 1.807) is 48.5 Å². The maximum Gasteiger partial charge on any atom is 0.408 e. The van der Waals surface area contributed by atoms with Gasteiger partial charge in [0.05, 0.1) is 35.6 Å². The van der Waals surface area contributed by atoms with Crippen molar-refractivity contribution in [3.8, 4) is 0 Å². The Morgan fingerprint density at radius 3 is 2.26 bits per heavy atom. The quantitative estimate of drug-likeness (QED) is 0.144. The lowest BCUT2D eigenvalue weighted by Crippen LogP contribution is -2.82. The first-order valence-electron chi connectivity index (χ1n) is 20.3. The monoisotopic (exact) mass is 875 g/mol. The molecule has 2 saturated carbocycles. The molecule has 1 amide bonds. The fraction of sp³-hybridized carbons (Fsp3) is 0.636. The van der Waals surface area contributed by atoms with Crippen molar-refractivity contribution < 1.29 is 72.5 Å². The number of nitrogens with one attached hydrogen (secondary N) is 1. The molecular formula is C44H58ClNO15. The van der Waals surface area contributed by atoms with Gasteiger partial charge in [-0.1, -0.05) is 50.1 Å². The third kappa shape index (κ3) is 8.70. The minimum Gasteiger partial charge on any atom is -0.456 e. The number of carbonyl (C=O) groups is 6. The molecule has 61 heavy (non-hydrogen) atoms. The zero-order valence-electron chi connectivity index (χ0n) is 36.5. The first-order valence-corrected chi connectivity index (χ1v) is 20.7. The predicted octanol–water partition coefficient (Wildman–Crippen LogP) is 4.47. The van der Waals surface area contributed by atoms with Gasteiger partial charge in [-0.05, 0) is 77.8 Å². The summed E-state index contributed by atoms with van der Waals surface area (Å²) in [5, 5.41) is 39.9. The Kier molecular flexibility index (Phi) is 13.4. The molecule has 2 bridgehead atoms. The van der Waals surface area contributed by atoms with Gasteiger partial charge in [-0.2, -0.15) is 0 Å². The number of allylic oxidation sites excluding steroid dienone is 1.